The molecule has 2 heterocycles. The standard InChI is InChI=1S/C16H20BrNO3/c1-20-16(19)14-4-2-3-7-18(14)10-13-9-11-8-12(17)5-6-15(11)21-13/h5-6,8,13-14H,2-4,7,9-10H2,1H3. The van der Waals surface area contributed by atoms with Gasteiger partial charge in [0.25, 0.3) is 0 Å². The summed E-state index contributed by atoms with van der Waals surface area (Å²) in [4.78, 5) is 14.1. The highest BCUT2D eigenvalue weighted by atomic mass is 79.9. The van der Waals surface area contributed by atoms with Crippen molar-refractivity contribution in [3.8, 4) is 5.75 Å². The Morgan fingerprint density at radius 1 is 1.48 bits per heavy atom. The second-order valence-electron chi connectivity index (χ2n) is 5.73. The van der Waals surface area contributed by atoms with Crippen LogP contribution < -0.4 is 4.74 Å². The number of rotatable bonds is 3. The molecule has 1 saturated heterocycles. The normalized spacial score (nSPS) is 25.2. The van der Waals surface area contributed by atoms with Crippen molar-refractivity contribution >= 4 is 21.9 Å². The summed E-state index contributed by atoms with van der Waals surface area (Å²) in [5, 5.41) is 0. The summed E-state index contributed by atoms with van der Waals surface area (Å²) in [7, 11) is 1.47. The fraction of sp³-hybridized carbons (Fsp3) is 0.562. The number of carbonyl (C=O) groups is 1. The summed E-state index contributed by atoms with van der Waals surface area (Å²) in [6, 6.07) is 6.01. The van der Waals surface area contributed by atoms with Gasteiger partial charge >= 0.3 is 5.97 Å². The maximum Gasteiger partial charge on any atom is 0.323 e. The lowest BCUT2D eigenvalue weighted by molar-refractivity contribution is -0.148. The molecule has 1 aromatic carbocycles. The van der Waals surface area contributed by atoms with Gasteiger partial charge in [0.1, 0.15) is 17.9 Å². The van der Waals surface area contributed by atoms with Crippen molar-refractivity contribution in [3.05, 3.63) is 28.2 Å². The van der Waals surface area contributed by atoms with E-state index in [1.165, 1.54) is 12.7 Å². The van der Waals surface area contributed by atoms with Crippen molar-refractivity contribution in [2.24, 2.45) is 0 Å². The first-order valence-corrected chi connectivity index (χ1v) is 8.23. The molecule has 4 nitrogen and oxygen atoms in total. The van der Waals surface area contributed by atoms with Gasteiger partial charge in [-0.05, 0) is 43.1 Å². The van der Waals surface area contributed by atoms with E-state index in [1.54, 1.807) is 0 Å². The topological polar surface area (TPSA) is 38.8 Å². The first-order valence-electron chi connectivity index (χ1n) is 7.44. The highest BCUT2D eigenvalue weighted by Gasteiger charge is 2.33. The Morgan fingerprint density at radius 3 is 3.14 bits per heavy atom. The van der Waals surface area contributed by atoms with Crippen LogP contribution in [0.3, 0.4) is 0 Å². The molecule has 0 amide bonds. The van der Waals surface area contributed by atoms with E-state index in [-0.39, 0.29) is 18.1 Å². The van der Waals surface area contributed by atoms with Crippen LogP contribution in [0.2, 0.25) is 0 Å². The number of likely N-dealkylation sites (tertiary alicyclic amines) is 1. The zero-order valence-corrected chi connectivity index (χ0v) is 13.8. The molecule has 0 radical (unpaired) electrons. The molecule has 0 aliphatic carbocycles. The SMILES string of the molecule is COC(=O)C1CCCCN1CC1Cc2cc(Br)ccc2O1. The molecule has 3 rings (SSSR count). The van der Waals surface area contributed by atoms with E-state index < -0.39 is 0 Å². The van der Waals surface area contributed by atoms with Gasteiger partial charge in [0.05, 0.1) is 7.11 Å². The molecule has 1 fully saturated rings. The van der Waals surface area contributed by atoms with Crippen LogP contribution in [0.25, 0.3) is 0 Å². The Kier molecular flexibility index (Phi) is 4.50. The van der Waals surface area contributed by atoms with Crippen molar-refractivity contribution in [3.63, 3.8) is 0 Å². The lowest BCUT2D eigenvalue weighted by Gasteiger charge is -2.34. The van der Waals surface area contributed by atoms with Gasteiger partial charge in [-0.1, -0.05) is 22.4 Å². The smallest absolute Gasteiger partial charge is 0.323 e. The van der Waals surface area contributed by atoms with Crippen molar-refractivity contribution < 1.29 is 14.3 Å². The minimum atomic E-state index is -0.118. The number of ether oxygens (including phenoxy) is 2. The summed E-state index contributed by atoms with van der Waals surface area (Å²) in [5.41, 5.74) is 1.24. The Labute approximate surface area is 133 Å². The Hall–Kier alpha value is -1.07. The first-order chi connectivity index (χ1) is 10.2. The van der Waals surface area contributed by atoms with Crippen LogP contribution >= 0.6 is 15.9 Å². The zero-order chi connectivity index (χ0) is 14.8. The summed E-state index contributed by atoms with van der Waals surface area (Å²) in [5.74, 6) is 0.850. The molecule has 0 N–H and O–H groups in total. The van der Waals surface area contributed by atoms with Gasteiger partial charge in [0, 0.05) is 17.4 Å². The monoisotopic (exact) mass is 353 g/mol. The van der Waals surface area contributed by atoms with Gasteiger partial charge in [-0.25, -0.2) is 0 Å². The van der Waals surface area contributed by atoms with Crippen molar-refractivity contribution in [2.45, 2.75) is 37.8 Å². The van der Waals surface area contributed by atoms with E-state index >= 15 is 0 Å². The molecule has 0 bridgehead atoms. The van der Waals surface area contributed by atoms with E-state index in [2.05, 4.69) is 26.9 Å². The number of halogens is 1. The molecule has 2 aliphatic rings. The van der Waals surface area contributed by atoms with Gasteiger partial charge in [-0.3, -0.25) is 9.69 Å². The largest absolute Gasteiger partial charge is 0.488 e. The van der Waals surface area contributed by atoms with Crippen molar-refractivity contribution in [1.29, 1.82) is 0 Å². The molecule has 2 unspecified atom stereocenters. The number of methoxy groups -OCH3 is 1. The molecule has 1 aromatic rings. The van der Waals surface area contributed by atoms with E-state index in [4.69, 9.17) is 9.47 Å². The third kappa shape index (κ3) is 3.24. The first kappa shape index (κ1) is 14.9. The number of benzene rings is 1. The van der Waals surface area contributed by atoms with Gasteiger partial charge < -0.3 is 9.47 Å². The summed E-state index contributed by atoms with van der Waals surface area (Å²) in [6.45, 7) is 1.73. The van der Waals surface area contributed by atoms with Crippen LogP contribution in [-0.2, 0) is 16.0 Å². The van der Waals surface area contributed by atoms with Gasteiger partial charge in [-0.2, -0.15) is 0 Å². The number of hydrogen-bond donors (Lipinski definition) is 0. The second-order valence-corrected chi connectivity index (χ2v) is 6.64. The average Bonchev–Trinajstić information content (AvgIpc) is 2.88. The summed E-state index contributed by atoms with van der Waals surface area (Å²) in [6.07, 6.45) is 4.14. The molecule has 21 heavy (non-hydrogen) atoms. The van der Waals surface area contributed by atoms with Crippen LogP contribution in [0, 0.1) is 0 Å². The molecule has 114 valence electrons. The highest BCUT2D eigenvalue weighted by Crippen LogP contribution is 2.32. The Morgan fingerprint density at radius 2 is 2.33 bits per heavy atom. The zero-order valence-electron chi connectivity index (χ0n) is 12.2. The summed E-state index contributed by atoms with van der Waals surface area (Å²) >= 11 is 3.49. The number of piperidine rings is 1. The van der Waals surface area contributed by atoms with E-state index in [9.17, 15) is 4.79 Å². The molecule has 0 aromatic heterocycles. The molecule has 5 heteroatoms. The number of fused-ring (bicyclic) bond motifs is 1. The number of hydrogen-bond acceptors (Lipinski definition) is 4. The number of nitrogens with zero attached hydrogens (tertiary/aromatic N) is 1. The fourth-order valence-corrected chi connectivity index (χ4v) is 3.67. The molecular weight excluding hydrogens is 334 g/mol. The molecular formula is C16H20BrNO3. The molecule has 2 atom stereocenters. The van der Waals surface area contributed by atoms with Crippen LogP contribution in [-0.4, -0.2) is 43.2 Å². The Bertz CT molecular complexity index is 534. The van der Waals surface area contributed by atoms with Crippen molar-refractivity contribution in [1.82, 2.24) is 4.90 Å². The third-order valence-electron chi connectivity index (χ3n) is 4.29. The van der Waals surface area contributed by atoms with Crippen LogP contribution in [0.15, 0.2) is 22.7 Å². The maximum absolute atomic E-state index is 11.9. The van der Waals surface area contributed by atoms with E-state index in [0.29, 0.717) is 0 Å². The van der Waals surface area contributed by atoms with Gasteiger partial charge in [0.15, 0.2) is 0 Å². The maximum atomic E-state index is 11.9. The van der Waals surface area contributed by atoms with E-state index in [0.717, 1.165) is 49.0 Å². The quantitative estimate of drug-likeness (QED) is 0.783. The van der Waals surface area contributed by atoms with Crippen LogP contribution in [0.5, 0.6) is 5.75 Å². The molecule has 0 spiro atoms. The Balaban J connectivity index is 1.65. The average molecular weight is 354 g/mol. The van der Waals surface area contributed by atoms with Crippen molar-refractivity contribution in [2.75, 3.05) is 20.2 Å². The minimum absolute atomic E-state index is 0.109. The molecule has 0 saturated carbocycles. The lowest BCUT2D eigenvalue weighted by Crippen LogP contribution is -2.49. The number of carbonyl (C=O) groups excluding carboxylic acids is 1. The van der Waals surface area contributed by atoms with Gasteiger partial charge in [-0.15, -0.1) is 0 Å². The second kappa shape index (κ2) is 6.36. The number of esters is 1. The predicted molar refractivity (Wildman–Crippen MR) is 83.5 cm³/mol. The third-order valence-corrected chi connectivity index (χ3v) is 4.78. The predicted octanol–water partition coefficient (Wildman–Crippen LogP) is 2.78. The van der Waals surface area contributed by atoms with Crippen LogP contribution in [0.4, 0.5) is 0 Å². The fourth-order valence-electron chi connectivity index (χ4n) is 3.26. The van der Waals surface area contributed by atoms with E-state index in [1.807, 2.05) is 12.1 Å². The molecule has 2 aliphatic heterocycles. The minimum Gasteiger partial charge on any atom is -0.488 e. The summed E-state index contributed by atoms with van der Waals surface area (Å²) < 4.78 is 12.0. The van der Waals surface area contributed by atoms with Crippen LogP contribution in [0.1, 0.15) is 24.8 Å². The lowest BCUT2D eigenvalue weighted by atomic mass is 10.0. The van der Waals surface area contributed by atoms with Gasteiger partial charge in [0.2, 0.25) is 0 Å². The highest BCUT2D eigenvalue weighted by molar-refractivity contribution is 9.10.